The molecule has 1 N–H and O–H groups in total. The molecule has 3 heterocycles. The van der Waals surface area contributed by atoms with Crippen LogP contribution in [0.25, 0.3) is 0 Å². The molecule has 2 fully saturated rings. The van der Waals surface area contributed by atoms with Crippen molar-refractivity contribution in [3.8, 4) is 5.06 Å². The maximum absolute atomic E-state index is 12.7. The first-order chi connectivity index (χ1) is 14.7. The SMILES string of the molecule is Cc1cc(N2CC(C)(NC(=O)Oc3ccc(Cl)s3)CC2=O)ccc1N1CCOCC1=O. The highest BCUT2D eigenvalue weighted by molar-refractivity contribution is 7.17. The van der Waals surface area contributed by atoms with Crippen molar-refractivity contribution in [1.29, 1.82) is 0 Å². The fraction of sp³-hybridized carbons (Fsp3) is 0.381. The minimum Gasteiger partial charge on any atom is -0.399 e. The Hall–Kier alpha value is -2.62. The van der Waals surface area contributed by atoms with E-state index in [0.717, 1.165) is 28.3 Å². The fourth-order valence-electron chi connectivity index (χ4n) is 3.84. The van der Waals surface area contributed by atoms with Gasteiger partial charge in [0.15, 0.2) is 5.06 Å². The van der Waals surface area contributed by atoms with Crippen molar-refractivity contribution in [3.05, 3.63) is 40.2 Å². The van der Waals surface area contributed by atoms with Crippen LogP contribution >= 0.6 is 22.9 Å². The summed E-state index contributed by atoms with van der Waals surface area (Å²) >= 11 is 7.01. The first-order valence-corrected chi connectivity index (χ1v) is 11.0. The Morgan fingerprint density at radius 2 is 2.03 bits per heavy atom. The van der Waals surface area contributed by atoms with E-state index in [1.54, 1.807) is 28.9 Å². The minimum atomic E-state index is -0.776. The van der Waals surface area contributed by atoms with Crippen molar-refractivity contribution in [2.45, 2.75) is 25.8 Å². The monoisotopic (exact) mass is 463 g/mol. The first-order valence-electron chi connectivity index (χ1n) is 9.79. The lowest BCUT2D eigenvalue weighted by molar-refractivity contribution is -0.125. The Labute approximate surface area is 188 Å². The Balaban J connectivity index is 1.45. The number of thiophene rings is 1. The van der Waals surface area contributed by atoms with Crippen LogP contribution in [-0.4, -0.2) is 49.7 Å². The molecule has 2 saturated heterocycles. The molecule has 0 bridgehead atoms. The van der Waals surface area contributed by atoms with Crippen molar-refractivity contribution in [3.63, 3.8) is 0 Å². The number of hydrogen-bond acceptors (Lipinski definition) is 6. The maximum atomic E-state index is 12.7. The highest BCUT2D eigenvalue weighted by Gasteiger charge is 2.42. The highest BCUT2D eigenvalue weighted by atomic mass is 35.5. The van der Waals surface area contributed by atoms with E-state index in [2.05, 4.69) is 5.32 Å². The molecule has 2 aliphatic heterocycles. The van der Waals surface area contributed by atoms with Gasteiger partial charge in [-0.05, 0) is 49.7 Å². The minimum absolute atomic E-state index is 0.0730. The number of rotatable bonds is 4. The van der Waals surface area contributed by atoms with Crippen molar-refractivity contribution in [2.24, 2.45) is 0 Å². The van der Waals surface area contributed by atoms with Gasteiger partial charge in [0.05, 0.1) is 22.9 Å². The largest absolute Gasteiger partial charge is 0.413 e. The highest BCUT2D eigenvalue weighted by Crippen LogP contribution is 2.33. The Kier molecular flexibility index (Phi) is 5.92. The average Bonchev–Trinajstić information content (AvgIpc) is 3.24. The van der Waals surface area contributed by atoms with E-state index >= 15 is 0 Å². The number of carbonyl (C=O) groups is 3. The van der Waals surface area contributed by atoms with Crippen molar-refractivity contribution < 1.29 is 23.9 Å². The third-order valence-corrected chi connectivity index (χ3v) is 6.37. The second-order valence-corrected chi connectivity index (χ2v) is 9.54. The number of nitrogens with one attached hydrogen (secondary N) is 1. The van der Waals surface area contributed by atoms with Crippen LogP contribution in [-0.2, 0) is 14.3 Å². The molecule has 1 unspecified atom stereocenters. The van der Waals surface area contributed by atoms with Gasteiger partial charge in [-0.3, -0.25) is 9.59 Å². The lowest BCUT2D eigenvalue weighted by Gasteiger charge is -2.29. The summed E-state index contributed by atoms with van der Waals surface area (Å²) in [7, 11) is 0. The number of aryl methyl sites for hydroxylation is 1. The zero-order chi connectivity index (χ0) is 22.2. The quantitative estimate of drug-likeness (QED) is 0.751. The molecule has 3 amide bonds. The normalized spacial score (nSPS) is 21.5. The van der Waals surface area contributed by atoms with Crippen LogP contribution in [0.2, 0.25) is 4.34 Å². The predicted molar refractivity (Wildman–Crippen MR) is 118 cm³/mol. The first kappa shape index (κ1) is 21.6. The molecule has 10 heteroatoms. The van der Waals surface area contributed by atoms with Crippen LogP contribution in [0.5, 0.6) is 5.06 Å². The third-order valence-electron chi connectivity index (χ3n) is 5.26. The van der Waals surface area contributed by atoms with Crippen LogP contribution in [0.3, 0.4) is 0 Å². The number of anilines is 2. The molecule has 0 radical (unpaired) electrons. The number of hydrogen-bond donors (Lipinski definition) is 1. The van der Waals surface area contributed by atoms with Gasteiger partial charge in [-0.1, -0.05) is 22.9 Å². The Morgan fingerprint density at radius 3 is 2.71 bits per heavy atom. The molecule has 8 nitrogen and oxygen atoms in total. The van der Waals surface area contributed by atoms with E-state index in [0.29, 0.717) is 29.1 Å². The summed E-state index contributed by atoms with van der Waals surface area (Å²) in [6.07, 6.45) is -0.483. The standard InChI is InChI=1S/C21H22ClN3O5S/c1-13-9-14(3-4-15(13)24-7-8-29-11-18(24)27)25-12-21(2,10-17(25)26)23-20(28)30-19-6-5-16(22)31-19/h3-6,9H,7-8,10-12H2,1-2H3,(H,23,28). The molecule has 164 valence electrons. The van der Waals surface area contributed by atoms with Gasteiger partial charge in [0.25, 0.3) is 5.91 Å². The van der Waals surface area contributed by atoms with E-state index < -0.39 is 11.6 Å². The van der Waals surface area contributed by atoms with E-state index in [1.807, 2.05) is 25.1 Å². The number of morpholine rings is 1. The summed E-state index contributed by atoms with van der Waals surface area (Å²) in [6.45, 7) is 5.09. The summed E-state index contributed by atoms with van der Waals surface area (Å²) in [5.41, 5.74) is 1.64. The van der Waals surface area contributed by atoms with E-state index in [4.69, 9.17) is 21.1 Å². The van der Waals surface area contributed by atoms with Crippen molar-refractivity contribution in [1.82, 2.24) is 5.32 Å². The number of ether oxygens (including phenoxy) is 2. The molecule has 1 aromatic heterocycles. The number of halogens is 1. The van der Waals surface area contributed by atoms with Gasteiger partial charge in [0, 0.05) is 24.5 Å². The number of benzene rings is 1. The molecule has 1 atom stereocenters. The van der Waals surface area contributed by atoms with Crippen molar-refractivity contribution >= 4 is 52.2 Å². The second kappa shape index (κ2) is 8.49. The Bertz CT molecular complexity index is 1040. The van der Waals surface area contributed by atoms with Gasteiger partial charge < -0.3 is 24.6 Å². The van der Waals surface area contributed by atoms with E-state index in [-0.39, 0.29) is 24.8 Å². The molecule has 2 aromatic rings. The molecule has 1 aromatic carbocycles. The smallest absolute Gasteiger partial charge is 0.399 e. The summed E-state index contributed by atoms with van der Waals surface area (Å²) in [4.78, 5) is 40.5. The lowest BCUT2D eigenvalue weighted by atomic mass is 10.0. The molecule has 31 heavy (non-hydrogen) atoms. The molecular formula is C21H22ClN3O5S. The van der Waals surface area contributed by atoms with Crippen LogP contribution in [0.1, 0.15) is 18.9 Å². The van der Waals surface area contributed by atoms with Gasteiger partial charge in [0.1, 0.15) is 6.61 Å². The van der Waals surface area contributed by atoms with Gasteiger partial charge in [-0.15, -0.1) is 0 Å². The molecule has 0 spiro atoms. The van der Waals surface area contributed by atoms with Crippen LogP contribution in [0.15, 0.2) is 30.3 Å². The van der Waals surface area contributed by atoms with Crippen LogP contribution < -0.4 is 19.9 Å². The number of carbonyl (C=O) groups excluding carboxylic acids is 3. The molecule has 0 aliphatic carbocycles. The summed E-state index contributed by atoms with van der Waals surface area (Å²) < 4.78 is 11.0. The second-order valence-electron chi connectivity index (χ2n) is 7.86. The van der Waals surface area contributed by atoms with Gasteiger partial charge in [-0.2, -0.15) is 0 Å². The average molecular weight is 464 g/mol. The molecule has 2 aliphatic rings. The van der Waals surface area contributed by atoms with Crippen LogP contribution in [0.4, 0.5) is 16.2 Å². The topological polar surface area (TPSA) is 88.2 Å². The van der Waals surface area contributed by atoms with Gasteiger partial charge >= 0.3 is 6.09 Å². The summed E-state index contributed by atoms with van der Waals surface area (Å²) in [5, 5.41) is 3.19. The number of nitrogens with zero attached hydrogens (tertiary/aromatic N) is 2. The fourth-order valence-corrected chi connectivity index (χ4v) is 4.71. The zero-order valence-electron chi connectivity index (χ0n) is 17.1. The van der Waals surface area contributed by atoms with Gasteiger partial charge in [-0.25, -0.2) is 4.79 Å². The molecular weight excluding hydrogens is 442 g/mol. The Morgan fingerprint density at radius 1 is 1.23 bits per heavy atom. The number of amides is 3. The molecule has 0 saturated carbocycles. The van der Waals surface area contributed by atoms with Gasteiger partial charge in [0.2, 0.25) is 5.91 Å². The summed E-state index contributed by atoms with van der Waals surface area (Å²) in [5.74, 6) is -0.182. The predicted octanol–water partition coefficient (Wildman–Crippen LogP) is 3.36. The van der Waals surface area contributed by atoms with E-state index in [1.165, 1.54) is 0 Å². The summed E-state index contributed by atoms with van der Waals surface area (Å²) in [6, 6.07) is 8.81. The molecule has 4 rings (SSSR count). The zero-order valence-corrected chi connectivity index (χ0v) is 18.7. The van der Waals surface area contributed by atoms with Crippen molar-refractivity contribution in [2.75, 3.05) is 36.1 Å². The van der Waals surface area contributed by atoms with Crippen LogP contribution in [0, 0.1) is 6.92 Å². The lowest BCUT2D eigenvalue weighted by Crippen LogP contribution is -2.49. The maximum Gasteiger partial charge on any atom is 0.413 e. The third kappa shape index (κ3) is 4.68. The van der Waals surface area contributed by atoms with E-state index in [9.17, 15) is 14.4 Å².